The van der Waals surface area contributed by atoms with Gasteiger partial charge in [-0.1, -0.05) is 5.16 Å². The van der Waals surface area contributed by atoms with E-state index in [1.807, 2.05) is 11.8 Å². The summed E-state index contributed by atoms with van der Waals surface area (Å²) < 4.78 is 5.00. The largest absolute Gasteiger partial charge is 0.381 e. The molecule has 1 aliphatic rings. The van der Waals surface area contributed by atoms with Crippen LogP contribution in [0.4, 0.5) is 5.82 Å². The average Bonchev–Trinajstić information content (AvgIpc) is 2.34. The molecule has 2 rings (SSSR count). The first kappa shape index (κ1) is 6.09. The number of hydrogen-bond acceptors (Lipinski definition) is 4. The van der Waals surface area contributed by atoms with Crippen molar-refractivity contribution < 1.29 is 4.52 Å². The average molecular weight is 156 g/mol. The van der Waals surface area contributed by atoms with Gasteiger partial charge in [0.25, 0.3) is 0 Å². The second-order valence-corrected chi connectivity index (χ2v) is 3.38. The Balaban J connectivity index is 2.45. The molecule has 0 radical (unpaired) electrons. The lowest BCUT2D eigenvalue weighted by Gasteiger charge is -2.06. The quantitative estimate of drug-likeness (QED) is 0.610. The van der Waals surface area contributed by atoms with Gasteiger partial charge in [-0.05, 0) is 0 Å². The molecule has 0 atom stereocenters. The number of rotatable bonds is 0. The first-order valence-electron chi connectivity index (χ1n) is 3.18. The number of nitrogens with zero attached hydrogens (tertiary/aromatic N) is 1. The van der Waals surface area contributed by atoms with Crippen LogP contribution in [0.15, 0.2) is 4.52 Å². The van der Waals surface area contributed by atoms with Gasteiger partial charge in [0.1, 0.15) is 5.76 Å². The Morgan fingerprint density at radius 1 is 1.60 bits per heavy atom. The molecule has 0 fully saturated rings. The van der Waals surface area contributed by atoms with Crippen LogP contribution >= 0.6 is 11.8 Å². The lowest BCUT2D eigenvalue weighted by molar-refractivity contribution is 0.388. The summed E-state index contributed by atoms with van der Waals surface area (Å²) >= 11 is 1.88. The van der Waals surface area contributed by atoms with Crippen LogP contribution in [0.5, 0.6) is 0 Å². The molecular weight excluding hydrogens is 148 g/mol. The van der Waals surface area contributed by atoms with Gasteiger partial charge in [-0.15, -0.1) is 0 Å². The van der Waals surface area contributed by atoms with Gasteiger partial charge < -0.3 is 10.3 Å². The summed E-state index contributed by atoms with van der Waals surface area (Å²) in [7, 11) is 0. The fourth-order valence-electron chi connectivity index (χ4n) is 1.05. The second-order valence-electron chi connectivity index (χ2n) is 2.27. The van der Waals surface area contributed by atoms with Gasteiger partial charge in [0.15, 0.2) is 5.82 Å². The Bertz CT molecular complexity index is 246. The van der Waals surface area contributed by atoms with Crippen molar-refractivity contribution in [1.82, 2.24) is 5.16 Å². The molecule has 1 aliphatic heterocycles. The molecule has 4 heteroatoms. The molecule has 3 nitrogen and oxygen atoms in total. The third-order valence-electron chi connectivity index (χ3n) is 1.62. The van der Waals surface area contributed by atoms with E-state index in [9.17, 15) is 0 Å². The Morgan fingerprint density at radius 2 is 2.50 bits per heavy atom. The van der Waals surface area contributed by atoms with Crippen LogP contribution in [0, 0.1) is 0 Å². The molecule has 54 valence electrons. The summed E-state index contributed by atoms with van der Waals surface area (Å²) in [5, 5.41) is 3.69. The van der Waals surface area contributed by atoms with Gasteiger partial charge in [0.05, 0.1) is 0 Å². The van der Waals surface area contributed by atoms with E-state index in [4.69, 9.17) is 10.3 Å². The molecule has 0 aliphatic carbocycles. The molecule has 2 N–H and O–H groups in total. The van der Waals surface area contributed by atoms with E-state index in [0.29, 0.717) is 5.82 Å². The van der Waals surface area contributed by atoms with Crippen molar-refractivity contribution in [3.05, 3.63) is 11.3 Å². The van der Waals surface area contributed by atoms with Crippen LogP contribution in [0.3, 0.4) is 0 Å². The molecular formula is C6H8N2OS. The third-order valence-corrected chi connectivity index (χ3v) is 2.61. The zero-order chi connectivity index (χ0) is 6.97. The first-order valence-corrected chi connectivity index (χ1v) is 4.34. The summed E-state index contributed by atoms with van der Waals surface area (Å²) in [5.41, 5.74) is 6.65. The van der Waals surface area contributed by atoms with Crippen LogP contribution in [0.2, 0.25) is 0 Å². The number of aryl methyl sites for hydroxylation is 1. The second kappa shape index (κ2) is 2.20. The summed E-state index contributed by atoms with van der Waals surface area (Å²) in [6.07, 6.45) is 0.976. The molecule has 2 heterocycles. The number of thioether (sulfide) groups is 1. The monoisotopic (exact) mass is 156 g/mol. The highest BCUT2D eigenvalue weighted by Crippen LogP contribution is 2.27. The van der Waals surface area contributed by atoms with Crippen molar-refractivity contribution in [1.29, 1.82) is 0 Å². The molecule has 0 saturated heterocycles. The van der Waals surface area contributed by atoms with Crippen molar-refractivity contribution in [2.75, 3.05) is 11.5 Å². The van der Waals surface area contributed by atoms with E-state index in [1.54, 1.807) is 0 Å². The Labute approximate surface area is 62.9 Å². The number of nitrogens with two attached hydrogens (primary N) is 1. The van der Waals surface area contributed by atoms with Gasteiger partial charge in [0, 0.05) is 23.5 Å². The van der Waals surface area contributed by atoms with Crippen LogP contribution in [-0.2, 0) is 12.2 Å². The van der Waals surface area contributed by atoms with Crippen molar-refractivity contribution in [3.8, 4) is 0 Å². The van der Waals surface area contributed by atoms with Crippen LogP contribution in [0.1, 0.15) is 11.3 Å². The zero-order valence-electron chi connectivity index (χ0n) is 5.46. The van der Waals surface area contributed by atoms with Gasteiger partial charge >= 0.3 is 0 Å². The highest BCUT2D eigenvalue weighted by Gasteiger charge is 2.17. The number of hydrogen-bond donors (Lipinski definition) is 1. The maximum Gasteiger partial charge on any atom is 0.171 e. The Hall–Kier alpha value is -0.640. The maximum atomic E-state index is 5.54. The van der Waals surface area contributed by atoms with E-state index in [0.717, 1.165) is 29.3 Å². The van der Waals surface area contributed by atoms with Crippen molar-refractivity contribution in [2.24, 2.45) is 0 Å². The lowest BCUT2D eigenvalue weighted by Crippen LogP contribution is -2.00. The van der Waals surface area contributed by atoms with Crippen molar-refractivity contribution in [3.63, 3.8) is 0 Å². The minimum Gasteiger partial charge on any atom is -0.381 e. The predicted octanol–water partition coefficient (Wildman–Crippen LogP) is 1.05. The fraction of sp³-hybridized carbons (Fsp3) is 0.500. The molecule has 0 spiro atoms. The normalized spacial score (nSPS) is 16.8. The van der Waals surface area contributed by atoms with E-state index in [-0.39, 0.29) is 0 Å². The van der Waals surface area contributed by atoms with Crippen LogP contribution < -0.4 is 5.73 Å². The van der Waals surface area contributed by atoms with Crippen LogP contribution in [0.25, 0.3) is 0 Å². The SMILES string of the molecule is Nc1noc2c1CSCC2. The summed E-state index contributed by atoms with van der Waals surface area (Å²) in [6, 6.07) is 0. The van der Waals surface area contributed by atoms with E-state index in [1.165, 1.54) is 0 Å². The minimum atomic E-state index is 0.571. The summed E-state index contributed by atoms with van der Waals surface area (Å²) in [4.78, 5) is 0. The molecule has 10 heavy (non-hydrogen) atoms. The molecule has 0 unspecified atom stereocenters. The van der Waals surface area contributed by atoms with E-state index >= 15 is 0 Å². The standard InChI is InChI=1S/C6H8N2OS/c7-6-4-3-10-2-1-5(4)9-8-6/h1-3H2,(H2,7,8). The highest BCUT2D eigenvalue weighted by molar-refractivity contribution is 7.98. The third kappa shape index (κ3) is 0.794. The lowest BCUT2D eigenvalue weighted by atomic mass is 10.2. The molecule has 0 aromatic carbocycles. The predicted molar refractivity (Wildman–Crippen MR) is 40.8 cm³/mol. The molecule has 0 amide bonds. The van der Waals surface area contributed by atoms with Gasteiger partial charge in [-0.3, -0.25) is 0 Å². The highest BCUT2D eigenvalue weighted by atomic mass is 32.2. The maximum absolute atomic E-state index is 5.54. The number of aromatic nitrogens is 1. The van der Waals surface area contributed by atoms with Gasteiger partial charge in [0.2, 0.25) is 0 Å². The number of anilines is 1. The van der Waals surface area contributed by atoms with Crippen molar-refractivity contribution >= 4 is 17.6 Å². The van der Waals surface area contributed by atoms with Gasteiger partial charge in [-0.2, -0.15) is 11.8 Å². The van der Waals surface area contributed by atoms with E-state index in [2.05, 4.69) is 5.16 Å². The Kier molecular flexibility index (Phi) is 1.34. The first-order chi connectivity index (χ1) is 4.88. The van der Waals surface area contributed by atoms with Gasteiger partial charge in [-0.25, -0.2) is 0 Å². The van der Waals surface area contributed by atoms with Crippen molar-refractivity contribution in [2.45, 2.75) is 12.2 Å². The smallest absolute Gasteiger partial charge is 0.171 e. The molecule has 0 bridgehead atoms. The minimum absolute atomic E-state index is 0.571. The summed E-state index contributed by atoms with van der Waals surface area (Å²) in [6.45, 7) is 0. The molecule has 1 aromatic heterocycles. The summed E-state index contributed by atoms with van der Waals surface area (Å²) in [5.74, 6) is 3.64. The zero-order valence-corrected chi connectivity index (χ0v) is 6.28. The number of nitrogen functional groups attached to an aromatic ring is 1. The fourth-order valence-corrected chi connectivity index (χ4v) is 2.03. The molecule has 1 aromatic rings. The molecule has 0 saturated carbocycles. The number of fused-ring (bicyclic) bond motifs is 1. The van der Waals surface area contributed by atoms with Crippen LogP contribution in [-0.4, -0.2) is 10.9 Å². The topological polar surface area (TPSA) is 52.0 Å². The Morgan fingerprint density at radius 3 is 3.30 bits per heavy atom. The van der Waals surface area contributed by atoms with E-state index < -0.39 is 0 Å².